The van der Waals surface area contributed by atoms with Gasteiger partial charge in [0.15, 0.2) is 5.69 Å². The van der Waals surface area contributed by atoms with Gasteiger partial charge in [0, 0.05) is 5.92 Å². The summed E-state index contributed by atoms with van der Waals surface area (Å²) in [7, 11) is 0. The second-order valence-electron chi connectivity index (χ2n) is 4.98. The number of nitrogens with two attached hydrogens (primary N) is 1. The van der Waals surface area contributed by atoms with Crippen LogP contribution in [-0.2, 0) is 0 Å². The third-order valence-corrected chi connectivity index (χ3v) is 3.62. The van der Waals surface area contributed by atoms with E-state index in [1.165, 1.54) is 12.8 Å². The molecule has 0 bridgehead atoms. The van der Waals surface area contributed by atoms with Gasteiger partial charge >= 0.3 is 0 Å². The molecule has 16 heavy (non-hydrogen) atoms. The minimum atomic E-state index is -0.448. The van der Waals surface area contributed by atoms with E-state index in [1.54, 1.807) is 0 Å². The Morgan fingerprint density at radius 1 is 1.44 bits per heavy atom. The molecule has 2 aliphatic carbocycles. The molecule has 2 fully saturated rings. The van der Waals surface area contributed by atoms with Crippen LogP contribution < -0.4 is 5.73 Å². The van der Waals surface area contributed by atoms with Crippen LogP contribution in [0, 0.1) is 5.92 Å². The Bertz CT molecular complexity index is 431. The molecule has 0 aromatic carbocycles. The zero-order chi connectivity index (χ0) is 11.3. The van der Waals surface area contributed by atoms with Crippen molar-refractivity contribution in [3.63, 3.8) is 0 Å². The first-order valence-corrected chi connectivity index (χ1v) is 5.93. The highest BCUT2D eigenvalue weighted by Gasteiger charge is 2.37. The van der Waals surface area contributed by atoms with Gasteiger partial charge in [-0.2, -0.15) is 0 Å². The van der Waals surface area contributed by atoms with Crippen LogP contribution in [0.4, 0.5) is 0 Å². The Labute approximate surface area is 94.0 Å². The summed E-state index contributed by atoms with van der Waals surface area (Å²) in [6.07, 6.45) is 4.78. The van der Waals surface area contributed by atoms with E-state index in [0.717, 1.165) is 18.5 Å². The molecule has 0 aliphatic heterocycles. The average molecular weight is 220 g/mol. The van der Waals surface area contributed by atoms with Crippen molar-refractivity contribution in [2.24, 2.45) is 11.7 Å². The second-order valence-corrected chi connectivity index (χ2v) is 4.98. The van der Waals surface area contributed by atoms with Gasteiger partial charge in [0.2, 0.25) is 0 Å². The van der Waals surface area contributed by atoms with Gasteiger partial charge in [0.05, 0.1) is 11.7 Å². The molecule has 5 nitrogen and oxygen atoms in total. The first-order chi connectivity index (χ1) is 7.68. The van der Waals surface area contributed by atoms with Crippen LogP contribution in [0.3, 0.4) is 0 Å². The summed E-state index contributed by atoms with van der Waals surface area (Å²) in [5, 5.41) is 8.07. The topological polar surface area (TPSA) is 73.8 Å². The zero-order valence-electron chi connectivity index (χ0n) is 9.39. The second kappa shape index (κ2) is 3.30. The number of carbonyl (C=O) groups excluding carboxylic acids is 1. The molecule has 0 spiro atoms. The smallest absolute Gasteiger partial charge is 0.271 e. The average Bonchev–Trinajstić information content (AvgIpc) is 3.13. The lowest BCUT2D eigenvalue weighted by Gasteiger charge is -2.13. The molecule has 2 N–H and O–H groups in total. The predicted octanol–water partition coefficient (Wildman–Crippen LogP) is 1.23. The highest BCUT2D eigenvalue weighted by Crippen LogP contribution is 2.45. The Kier molecular flexibility index (Phi) is 2.02. The van der Waals surface area contributed by atoms with E-state index in [0.29, 0.717) is 23.6 Å². The Morgan fingerprint density at radius 2 is 2.12 bits per heavy atom. The van der Waals surface area contributed by atoms with Crippen molar-refractivity contribution in [1.29, 1.82) is 0 Å². The molecule has 5 heteroatoms. The summed E-state index contributed by atoms with van der Waals surface area (Å²) in [4.78, 5) is 11.3. The molecule has 2 aliphatic rings. The third-order valence-electron chi connectivity index (χ3n) is 3.62. The van der Waals surface area contributed by atoms with E-state index in [4.69, 9.17) is 5.73 Å². The first kappa shape index (κ1) is 9.81. The molecule has 3 rings (SSSR count). The van der Waals surface area contributed by atoms with Crippen molar-refractivity contribution in [2.45, 2.75) is 44.6 Å². The number of carbonyl (C=O) groups is 1. The van der Waals surface area contributed by atoms with Gasteiger partial charge in [0.25, 0.3) is 5.91 Å². The maximum atomic E-state index is 11.3. The number of nitrogens with zero attached hydrogens (tertiary/aromatic N) is 3. The van der Waals surface area contributed by atoms with E-state index in [2.05, 4.69) is 17.2 Å². The number of rotatable bonds is 4. The van der Waals surface area contributed by atoms with Crippen molar-refractivity contribution >= 4 is 5.91 Å². The van der Waals surface area contributed by atoms with Gasteiger partial charge in [-0.1, -0.05) is 5.21 Å². The Hall–Kier alpha value is -1.39. The van der Waals surface area contributed by atoms with Crippen LogP contribution in [0.5, 0.6) is 0 Å². The number of primary amides is 1. The Morgan fingerprint density at radius 3 is 2.62 bits per heavy atom. The van der Waals surface area contributed by atoms with Crippen molar-refractivity contribution in [1.82, 2.24) is 15.0 Å². The van der Waals surface area contributed by atoms with E-state index >= 15 is 0 Å². The van der Waals surface area contributed by atoms with Crippen molar-refractivity contribution in [2.75, 3.05) is 0 Å². The quantitative estimate of drug-likeness (QED) is 0.829. The van der Waals surface area contributed by atoms with E-state index in [9.17, 15) is 4.79 Å². The van der Waals surface area contributed by atoms with Gasteiger partial charge < -0.3 is 5.73 Å². The molecular weight excluding hydrogens is 204 g/mol. The van der Waals surface area contributed by atoms with Crippen molar-refractivity contribution < 1.29 is 4.79 Å². The van der Waals surface area contributed by atoms with E-state index < -0.39 is 5.91 Å². The van der Waals surface area contributed by atoms with Crippen LogP contribution in [0.2, 0.25) is 0 Å². The van der Waals surface area contributed by atoms with Crippen LogP contribution in [0.15, 0.2) is 0 Å². The third kappa shape index (κ3) is 1.50. The van der Waals surface area contributed by atoms with Crippen LogP contribution >= 0.6 is 0 Å². The van der Waals surface area contributed by atoms with E-state index in [1.807, 2.05) is 4.68 Å². The lowest BCUT2D eigenvalue weighted by atomic mass is 10.1. The summed E-state index contributed by atoms with van der Waals surface area (Å²) in [5.41, 5.74) is 6.69. The molecule has 0 radical (unpaired) electrons. The van der Waals surface area contributed by atoms with Gasteiger partial charge in [0.1, 0.15) is 0 Å². The molecule has 1 heterocycles. The fraction of sp³-hybridized carbons (Fsp3) is 0.727. The lowest BCUT2D eigenvalue weighted by molar-refractivity contribution is 0.0994. The lowest BCUT2D eigenvalue weighted by Crippen LogP contribution is -2.16. The van der Waals surface area contributed by atoms with Gasteiger partial charge in [-0.25, -0.2) is 4.68 Å². The SMILES string of the molecule is CC(C1CC1)n1nnc(C(N)=O)c1C1CC1. The molecule has 1 aromatic rings. The monoisotopic (exact) mass is 220 g/mol. The van der Waals surface area contributed by atoms with Crippen LogP contribution in [-0.4, -0.2) is 20.9 Å². The molecule has 1 amide bonds. The maximum absolute atomic E-state index is 11.3. The van der Waals surface area contributed by atoms with Gasteiger partial charge in [-0.3, -0.25) is 4.79 Å². The summed E-state index contributed by atoms with van der Waals surface area (Å²) in [6.45, 7) is 2.16. The fourth-order valence-electron chi connectivity index (χ4n) is 2.29. The zero-order valence-corrected chi connectivity index (χ0v) is 9.39. The summed E-state index contributed by atoms with van der Waals surface area (Å²) in [5.74, 6) is 0.717. The standard InChI is InChI=1S/C11H16N4O/c1-6(7-2-3-7)15-10(8-4-5-8)9(11(12)16)13-14-15/h6-8H,2-5H2,1H3,(H2,12,16). The van der Waals surface area contributed by atoms with Crippen molar-refractivity contribution in [3.05, 3.63) is 11.4 Å². The Balaban J connectivity index is 1.99. The molecule has 1 unspecified atom stereocenters. The van der Waals surface area contributed by atoms with Crippen molar-refractivity contribution in [3.8, 4) is 0 Å². The van der Waals surface area contributed by atoms with Crippen LogP contribution in [0.1, 0.15) is 60.7 Å². The highest BCUT2D eigenvalue weighted by atomic mass is 16.1. The largest absolute Gasteiger partial charge is 0.364 e. The number of amides is 1. The molecule has 0 saturated heterocycles. The summed E-state index contributed by atoms with van der Waals surface area (Å²) >= 11 is 0. The van der Waals surface area contributed by atoms with Crippen LogP contribution in [0.25, 0.3) is 0 Å². The van der Waals surface area contributed by atoms with E-state index in [-0.39, 0.29) is 0 Å². The summed E-state index contributed by atoms with van der Waals surface area (Å²) < 4.78 is 1.94. The normalized spacial score (nSPS) is 22.1. The molecular formula is C11H16N4O. The van der Waals surface area contributed by atoms with Gasteiger partial charge in [-0.15, -0.1) is 5.10 Å². The first-order valence-electron chi connectivity index (χ1n) is 5.93. The minimum absolute atomic E-state index is 0.358. The summed E-state index contributed by atoms with van der Waals surface area (Å²) in [6, 6.07) is 0.358. The number of hydrogen-bond acceptors (Lipinski definition) is 3. The fourth-order valence-corrected chi connectivity index (χ4v) is 2.29. The molecule has 2 saturated carbocycles. The maximum Gasteiger partial charge on any atom is 0.271 e. The van der Waals surface area contributed by atoms with Gasteiger partial charge in [-0.05, 0) is 38.5 Å². The predicted molar refractivity (Wildman–Crippen MR) is 57.9 cm³/mol. The highest BCUT2D eigenvalue weighted by molar-refractivity contribution is 5.92. The molecule has 1 atom stereocenters. The number of hydrogen-bond donors (Lipinski definition) is 1. The number of aromatic nitrogens is 3. The molecule has 86 valence electrons. The minimum Gasteiger partial charge on any atom is -0.364 e. The molecule has 1 aromatic heterocycles.